The first-order valence-corrected chi connectivity index (χ1v) is 7.02. The Morgan fingerprint density at radius 1 is 1.25 bits per heavy atom. The van der Waals surface area contributed by atoms with Crippen LogP contribution in [0.1, 0.15) is 44.9 Å². The molecule has 0 amide bonds. The lowest BCUT2D eigenvalue weighted by atomic mass is 9.97. The van der Waals surface area contributed by atoms with E-state index in [0.29, 0.717) is 0 Å². The van der Waals surface area contributed by atoms with E-state index in [1.165, 1.54) is 32.7 Å². The number of aromatic nitrogens is 2. The Kier molecular flexibility index (Phi) is 5.09. The molecule has 110 valence electrons. The summed E-state index contributed by atoms with van der Waals surface area (Å²) < 4.78 is 4.95. The van der Waals surface area contributed by atoms with Crippen LogP contribution in [-0.4, -0.2) is 28.0 Å². The summed E-state index contributed by atoms with van der Waals surface area (Å²) in [6.45, 7) is 0. The van der Waals surface area contributed by atoms with E-state index in [1.807, 2.05) is 0 Å². The van der Waals surface area contributed by atoms with Crippen molar-refractivity contribution in [1.82, 2.24) is 9.97 Å². The molecule has 1 aliphatic carbocycles. The molecule has 1 fully saturated rings. The molecule has 1 aromatic heterocycles. The normalized spacial score (nSPS) is 17.1. The summed E-state index contributed by atoms with van der Waals surface area (Å²) in [4.78, 5) is 18.5. The zero-order valence-corrected chi connectivity index (χ0v) is 11.7. The van der Waals surface area contributed by atoms with Crippen molar-refractivity contribution in [2.75, 3.05) is 12.4 Å². The smallest absolute Gasteiger partial charge is 0.372 e. The van der Waals surface area contributed by atoms with Gasteiger partial charge in [-0.1, -0.05) is 32.1 Å². The Morgan fingerprint density at radius 2 is 1.90 bits per heavy atom. The van der Waals surface area contributed by atoms with E-state index < -0.39 is 4.92 Å². The number of nitro groups is 1. The highest BCUT2D eigenvalue weighted by Crippen LogP contribution is 2.32. The highest BCUT2D eigenvalue weighted by atomic mass is 16.6. The maximum atomic E-state index is 11.2. The predicted octanol–water partition coefficient (Wildman–Crippen LogP) is 2.92. The fraction of sp³-hybridized carbons (Fsp3) is 0.692. The maximum absolute atomic E-state index is 11.2. The average Bonchev–Trinajstić information content (AvgIpc) is 2.41. The van der Waals surface area contributed by atoms with Gasteiger partial charge in [0.05, 0.1) is 12.0 Å². The lowest BCUT2D eigenvalue weighted by molar-refractivity contribution is -0.385. The third kappa shape index (κ3) is 3.55. The van der Waals surface area contributed by atoms with Crippen LogP contribution in [0.3, 0.4) is 0 Å². The monoisotopic (exact) mass is 280 g/mol. The molecule has 1 aromatic rings. The van der Waals surface area contributed by atoms with Crippen molar-refractivity contribution in [2.45, 2.75) is 51.0 Å². The number of hydrogen-bond acceptors (Lipinski definition) is 6. The molecule has 0 bridgehead atoms. The molecule has 0 saturated heterocycles. The summed E-state index contributed by atoms with van der Waals surface area (Å²) in [5.74, 6) is 0.255. The van der Waals surface area contributed by atoms with Crippen LogP contribution in [0.2, 0.25) is 0 Å². The molecule has 0 aliphatic heterocycles. The Bertz CT molecular complexity index is 459. The Labute approximate surface area is 117 Å². The summed E-state index contributed by atoms with van der Waals surface area (Å²) in [5, 5.41) is 14.4. The maximum Gasteiger partial charge on any atom is 0.372 e. The molecule has 7 nitrogen and oxygen atoms in total. The first-order chi connectivity index (χ1) is 9.72. The van der Waals surface area contributed by atoms with E-state index >= 15 is 0 Å². The molecule has 1 N–H and O–H groups in total. The number of anilines is 1. The summed E-state index contributed by atoms with van der Waals surface area (Å²) in [7, 11) is 1.37. The van der Waals surface area contributed by atoms with E-state index in [2.05, 4.69) is 15.3 Å². The Morgan fingerprint density at radius 3 is 2.50 bits per heavy atom. The first-order valence-electron chi connectivity index (χ1n) is 7.02. The van der Waals surface area contributed by atoms with Gasteiger partial charge in [0.25, 0.3) is 5.88 Å². The van der Waals surface area contributed by atoms with Gasteiger partial charge in [0.1, 0.15) is 6.33 Å². The van der Waals surface area contributed by atoms with Gasteiger partial charge in [-0.2, -0.15) is 4.98 Å². The minimum absolute atomic E-state index is 0.00153. The molecule has 0 aromatic carbocycles. The lowest BCUT2D eigenvalue weighted by Crippen LogP contribution is -2.22. The van der Waals surface area contributed by atoms with Crippen LogP contribution in [0, 0.1) is 10.1 Å². The second-order valence-electron chi connectivity index (χ2n) is 5.02. The van der Waals surface area contributed by atoms with Crippen molar-refractivity contribution in [3.8, 4) is 5.88 Å². The molecular weight excluding hydrogens is 260 g/mol. The topological polar surface area (TPSA) is 90.2 Å². The predicted molar refractivity (Wildman–Crippen MR) is 75.0 cm³/mol. The zero-order valence-electron chi connectivity index (χ0n) is 11.7. The van der Waals surface area contributed by atoms with Crippen molar-refractivity contribution in [3.05, 3.63) is 16.4 Å². The van der Waals surface area contributed by atoms with Crippen LogP contribution < -0.4 is 10.1 Å². The number of rotatable bonds is 4. The largest absolute Gasteiger partial charge is 0.476 e. The van der Waals surface area contributed by atoms with Gasteiger partial charge >= 0.3 is 5.69 Å². The molecule has 7 heteroatoms. The van der Waals surface area contributed by atoms with Gasteiger partial charge in [-0.3, -0.25) is 10.1 Å². The summed E-state index contributed by atoms with van der Waals surface area (Å²) in [6, 6.07) is 0.230. The molecule has 20 heavy (non-hydrogen) atoms. The fourth-order valence-electron chi connectivity index (χ4n) is 2.58. The minimum Gasteiger partial charge on any atom is -0.476 e. The highest BCUT2D eigenvalue weighted by Gasteiger charge is 2.25. The van der Waals surface area contributed by atoms with Gasteiger partial charge < -0.3 is 10.1 Å². The number of nitrogens with one attached hydrogen (secondary N) is 1. The highest BCUT2D eigenvalue weighted by molar-refractivity contribution is 5.61. The van der Waals surface area contributed by atoms with Crippen LogP contribution in [0.25, 0.3) is 0 Å². The van der Waals surface area contributed by atoms with Crippen LogP contribution in [0.4, 0.5) is 11.5 Å². The van der Waals surface area contributed by atoms with Gasteiger partial charge in [0, 0.05) is 6.04 Å². The molecule has 1 saturated carbocycles. The molecule has 0 unspecified atom stereocenters. The van der Waals surface area contributed by atoms with E-state index in [-0.39, 0.29) is 23.4 Å². The number of methoxy groups -OCH3 is 1. The summed E-state index contributed by atoms with van der Waals surface area (Å²) in [5.41, 5.74) is -0.183. The van der Waals surface area contributed by atoms with Crippen LogP contribution in [0.5, 0.6) is 5.88 Å². The lowest BCUT2D eigenvalue weighted by Gasteiger charge is -2.21. The van der Waals surface area contributed by atoms with Crippen molar-refractivity contribution in [1.29, 1.82) is 0 Å². The Hall–Kier alpha value is -1.92. The third-order valence-electron chi connectivity index (χ3n) is 3.61. The van der Waals surface area contributed by atoms with E-state index in [9.17, 15) is 10.1 Å². The van der Waals surface area contributed by atoms with E-state index in [4.69, 9.17) is 4.74 Å². The molecule has 2 rings (SSSR count). The first kappa shape index (κ1) is 14.5. The summed E-state index contributed by atoms with van der Waals surface area (Å²) in [6.07, 6.45) is 9.36. The van der Waals surface area contributed by atoms with E-state index in [0.717, 1.165) is 25.7 Å². The third-order valence-corrected chi connectivity index (χ3v) is 3.61. The standard InChI is InChI=1S/C13H20N4O3/c1-20-13-11(17(18)19)12(14-9-15-13)16-10-7-5-3-2-4-6-8-10/h9-10H,2-8H2,1H3,(H,14,15,16). The van der Waals surface area contributed by atoms with Crippen LogP contribution >= 0.6 is 0 Å². The Balaban J connectivity index is 2.16. The van der Waals surface area contributed by atoms with Gasteiger partial charge in [0.15, 0.2) is 0 Å². The number of nitrogens with zero attached hydrogens (tertiary/aromatic N) is 3. The van der Waals surface area contributed by atoms with Gasteiger partial charge in [0.2, 0.25) is 5.82 Å². The summed E-state index contributed by atoms with van der Waals surface area (Å²) >= 11 is 0. The number of ether oxygens (including phenoxy) is 1. The van der Waals surface area contributed by atoms with Crippen molar-refractivity contribution in [3.63, 3.8) is 0 Å². The fourth-order valence-corrected chi connectivity index (χ4v) is 2.58. The molecule has 0 atom stereocenters. The van der Waals surface area contributed by atoms with Crippen molar-refractivity contribution < 1.29 is 9.66 Å². The molecule has 1 aliphatic rings. The van der Waals surface area contributed by atoms with Crippen LogP contribution in [-0.2, 0) is 0 Å². The van der Waals surface area contributed by atoms with Crippen LogP contribution in [0.15, 0.2) is 6.33 Å². The zero-order chi connectivity index (χ0) is 14.4. The number of hydrogen-bond donors (Lipinski definition) is 1. The molecule has 0 spiro atoms. The quantitative estimate of drug-likeness (QED) is 0.673. The molecule has 1 heterocycles. The average molecular weight is 280 g/mol. The van der Waals surface area contributed by atoms with E-state index in [1.54, 1.807) is 0 Å². The minimum atomic E-state index is -0.496. The van der Waals surface area contributed by atoms with Crippen molar-refractivity contribution >= 4 is 11.5 Å². The molecule has 0 radical (unpaired) electrons. The second kappa shape index (κ2) is 7.02. The van der Waals surface area contributed by atoms with Gasteiger partial charge in [-0.15, -0.1) is 0 Å². The SMILES string of the molecule is COc1ncnc(NC2CCCCCCC2)c1[N+](=O)[O-]. The van der Waals surface area contributed by atoms with Crippen molar-refractivity contribution in [2.24, 2.45) is 0 Å². The van der Waals surface area contributed by atoms with Gasteiger partial charge in [-0.05, 0) is 12.8 Å². The second-order valence-corrected chi connectivity index (χ2v) is 5.02. The molecular formula is C13H20N4O3. The van der Waals surface area contributed by atoms with Gasteiger partial charge in [-0.25, -0.2) is 4.98 Å².